The van der Waals surface area contributed by atoms with E-state index in [1.807, 2.05) is 19.1 Å². The van der Waals surface area contributed by atoms with E-state index >= 15 is 0 Å². The molecule has 0 spiro atoms. The number of allylic oxidation sites excluding steroid dienone is 4. The van der Waals surface area contributed by atoms with Gasteiger partial charge in [-0.2, -0.15) is 0 Å². The molecule has 0 saturated heterocycles. The minimum Gasteiger partial charge on any atom is -0.461 e. The van der Waals surface area contributed by atoms with Crippen molar-refractivity contribution in [2.24, 2.45) is 17.3 Å². The molecule has 1 aliphatic rings. The van der Waals surface area contributed by atoms with E-state index in [0.29, 0.717) is 12.5 Å². The molecule has 0 heterocycles. The predicted octanol–water partition coefficient (Wildman–Crippen LogP) is 4.29. The van der Waals surface area contributed by atoms with Crippen LogP contribution in [0.15, 0.2) is 36.0 Å². The van der Waals surface area contributed by atoms with Gasteiger partial charge in [0.05, 0.1) is 5.92 Å². The Kier molecular flexibility index (Phi) is 5.16. The molecule has 1 rings (SSSR count). The lowest BCUT2D eigenvalue weighted by Gasteiger charge is -2.02. The molecule has 1 aliphatic carbocycles. The Morgan fingerprint density at radius 2 is 1.89 bits per heavy atom. The molecule has 2 atom stereocenters. The van der Waals surface area contributed by atoms with Crippen LogP contribution in [0.3, 0.4) is 0 Å². The fourth-order valence-electron chi connectivity index (χ4n) is 2.37. The summed E-state index contributed by atoms with van der Waals surface area (Å²) in [6.45, 7) is 14.5. The highest BCUT2D eigenvalue weighted by Gasteiger charge is 2.61. The first-order chi connectivity index (χ1) is 8.76. The number of esters is 1. The van der Waals surface area contributed by atoms with E-state index in [0.717, 1.165) is 12.0 Å². The quantitative estimate of drug-likeness (QED) is 0.527. The van der Waals surface area contributed by atoms with Crippen molar-refractivity contribution in [3.63, 3.8) is 0 Å². The van der Waals surface area contributed by atoms with Crippen LogP contribution >= 0.6 is 0 Å². The Morgan fingerprint density at radius 1 is 1.26 bits per heavy atom. The Bertz CT molecular complexity index is 409. The van der Waals surface area contributed by atoms with Gasteiger partial charge in [-0.05, 0) is 38.5 Å². The number of rotatable bonds is 6. The van der Waals surface area contributed by atoms with E-state index in [1.54, 1.807) is 0 Å². The maximum atomic E-state index is 12.0. The van der Waals surface area contributed by atoms with E-state index in [-0.39, 0.29) is 17.3 Å². The Balaban J connectivity index is 2.41. The topological polar surface area (TPSA) is 26.3 Å². The zero-order valence-electron chi connectivity index (χ0n) is 12.8. The van der Waals surface area contributed by atoms with Crippen LogP contribution in [0.4, 0.5) is 0 Å². The summed E-state index contributed by atoms with van der Waals surface area (Å²) >= 11 is 0. The molecule has 0 radical (unpaired) electrons. The third-order valence-electron chi connectivity index (χ3n) is 3.63. The van der Waals surface area contributed by atoms with E-state index in [1.165, 1.54) is 5.57 Å². The molecular formula is C17H26O2. The van der Waals surface area contributed by atoms with Crippen LogP contribution in [0.25, 0.3) is 0 Å². The van der Waals surface area contributed by atoms with Gasteiger partial charge in [0, 0.05) is 0 Å². The molecule has 0 aromatic rings. The summed E-state index contributed by atoms with van der Waals surface area (Å²) in [5.74, 6) is 0.258. The van der Waals surface area contributed by atoms with Crippen molar-refractivity contribution >= 4 is 5.97 Å². The fourth-order valence-corrected chi connectivity index (χ4v) is 2.37. The van der Waals surface area contributed by atoms with Gasteiger partial charge in [0.15, 0.2) is 0 Å². The summed E-state index contributed by atoms with van der Waals surface area (Å²) in [5, 5.41) is 0. The number of ether oxygens (including phenoxy) is 1. The van der Waals surface area contributed by atoms with Crippen molar-refractivity contribution in [3.8, 4) is 0 Å². The molecule has 2 unspecified atom stereocenters. The van der Waals surface area contributed by atoms with E-state index in [2.05, 4.69) is 40.3 Å². The van der Waals surface area contributed by atoms with Crippen LogP contribution in [0.5, 0.6) is 0 Å². The fraction of sp³-hybridized carbons (Fsp3) is 0.588. The van der Waals surface area contributed by atoms with Crippen molar-refractivity contribution < 1.29 is 9.53 Å². The van der Waals surface area contributed by atoms with E-state index < -0.39 is 0 Å². The van der Waals surface area contributed by atoms with Crippen LogP contribution in [-0.4, -0.2) is 12.6 Å². The van der Waals surface area contributed by atoms with E-state index in [9.17, 15) is 4.79 Å². The Labute approximate surface area is 117 Å². The smallest absolute Gasteiger partial charge is 0.310 e. The molecule has 0 aromatic carbocycles. The minimum atomic E-state index is -0.0764. The molecule has 1 saturated carbocycles. The van der Waals surface area contributed by atoms with Crippen LogP contribution in [-0.2, 0) is 9.53 Å². The molecule has 0 N–H and O–H groups in total. The van der Waals surface area contributed by atoms with Crippen molar-refractivity contribution in [2.75, 3.05) is 6.61 Å². The molecule has 0 aliphatic heterocycles. The van der Waals surface area contributed by atoms with Gasteiger partial charge in [-0.25, -0.2) is 0 Å². The Morgan fingerprint density at radius 3 is 2.42 bits per heavy atom. The van der Waals surface area contributed by atoms with Gasteiger partial charge < -0.3 is 4.74 Å². The summed E-state index contributed by atoms with van der Waals surface area (Å²) < 4.78 is 5.31. The number of hydrogen-bond acceptors (Lipinski definition) is 2. The van der Waals surface area contributed by atoms with Gasteiger partial charge in [0.25, 0.3) is 0 Å². The summed E-state index contributed by atoms with van der Waals surface area (Å²) in [6.07, 6.45) is 6.90. The maximum Gasteiger partial charge on any atom is 0.310 e. The molecular weight excluding hydrogens is 236 g/mol. The molecule has 0 bridgehead atoms. The minimum absolute atomic E-state index is 0.0111. The molecule has 106 valence electrons. The lowest BCUT2D eigenvalue weighted by Crippen LogP contribution is -2.10. The number of hydrogen-bond donors (Lipinski definition) is 0. The second-order valence-electron chi connectivity index (χ2n) is 6.33. The average molecular weight is 262 g/mol. The van der Waals surface area contributed by atoms with Crippen LogP contribution in [0.2, 0.25) is 0 Å². The molecule has 19 heavy (non-hydrogen) atoms. The second-order valence-corrected chi connectivity index (χ2v) is 6.33. The average Bonchev–Trinajstić information content (AvgIpc) is 2.78. The standard InChI is InChI=1S/C17H26O2/c1-12(2)9-7-8-10-19-16(18)15-14(11-13(3)4)17(15,5)6/h7-8,11,14-15H,1,9-10H2,2-6H3/b8-7+. The first kappa shape index (κ1) is 15.7. The summed E-state index contributed by atoms with van der Waals surface area (Å²) in [5.41, 5.74) is 2.40. The lowest BCUT2D eigenvalue weighted by molar-refractivity contribution is -0.144. The third-order valence-corrected chi connectivity index (χ3v) is 3.63. The SMILES string of the molecule is C=C(C)C/C=C/COC(=O)C1C(C=C(C)C)C1(C)C. The van der Waals surface area contributed by atoms with Crippen molar-refractivity contribution in [1.82, 2.24) is 0 Å². The summed E-state index contributed by atoms with van der Waals surface area (Å²) in [4.78, 5) is 12.0. The van der Waals surface area contributed by atoms with Crippen LogP contribution < -0.4 is 0 Å². The third kappa shape index (κ3) is 4.38. The van der Waals surface area contributed by atoms with Crippen molar-refractivity contribution in [2.45, 2.75) is 41.0 Å². The number of carbonyl (C=O) groups is 1. The first-order valence-electron chi connectivity index (χ1n) is 6.88. The van der Waals surface area contributed by atoms with Gasteiger partial charge in [-0.1, -0.05) is 49.8 Å². The van der Waals surface area contributed by atoms with Gasteiger partial charge in [-0.3, -0.25) is 4.79 Å². The van der Waals surface area contributed by atoms with Crippen LogP contribution in [0.1, 0.15) is 41.0 Å². The van der Waals surface area contributed by atoms with Crippen molar-refractivity contribution in [3.05, 3.63) is 36.0 Å². The summed E-state index contributed by atoms with van der Waals surface area (Å²) in [6, 6.07) is 0. The normalized spacial score (nSPS) is 24.1. The highest BCUT2D eigenvalue weighted by molar-refractivity contribution is 5.78. The van der Waals surface area contributed by atoms with E-state index in [4.69, 9.17) is 4.74 Å². The lowest BCUT2D eigenvalue weighted by atomic mass is 10.1. The van der Waals surface area contributed by atoms with Gasteiger partial charge in [-0.15, -0.1) is 0 Å². The van der Waals surface area contributed by atoms with Gasteiger partial charge in [0.2, 0.25) is 0 Å². The molecule has 0 amide bonds. The molecule has 1 fully saturated rings. The Hall–Kier alpha value is -1.31. The largest absolute Gasteiger partial charge is 0.461 e. The maximum absolute atomic E-state index is 12.0. The van der Waals surface area contributed by atoms with Crippen molar-refractivity contribution in [1.29, 1.82) is 0 Å². The highest BCUT2D eigenvalue weighted by atomic mass is 16.5. The highest BCUT2D eigenvalue weighted by Crippen LogP contribution is 2.59. The molecule has 0 aromatic heterocycles. The van der Waals surface area contributed by atoms with Crippen LogP contribution in [0, 0.1) is 17.3 Å². The second kappa shape index (κ2) is 6.23. The zero-order valence-corrected chi connectivity index (χ0v) is 12.8. The van der Waals surface area contributed by atoms with Gasteiger partial charge >= 0.3 is 5.97 Å². The first-order valence-corrected chi connectivity index (χ1v) is 6.88. The predicted molar refractivity (Wildman–Crippen MR) is 79.7 cm³/mol. The monoisotopic (exact) mass is 262 g/mol. The zero-order chi connectivity index (χ0) is 14.6. The summed E-state index contributed by atoms with van der Waals surface area (Å²) in [7, 11) is 0. The van der Waals surface area contributed by atoms with Gasteiger partial charge in [0.1, 0.15) is 6.61 Å². The number of carbonyl (C=O) groups excluding carboxylic acids is 1. The molecule has 2 heteroatoms. The molecule has 2 nitrogen and oxygen atoms in total.